The van der Waals surface area contributed by atoms with E-state index in [-0.39, 0.29) is 29.5 Å². The van der Waals surface area contributed by atoms with Crippen molar-refractivity contribution in [3.63, 3.8) is 0 Å². The van der Waals surface area contributed by atoms with Gasteiger partial charge in [0.15, 0.2) is 5.78 Å². The molecule has 6 heteroatoms. The summed E-state index contributed by atoms with van der Waals surface area (Å²) in [5.74, 6) is -1.16. The molecule has 0 unspecified atom stereocenters. The van der Waals surface area contributed by atoms with Crippen molar-refractivity contribution in [1.82, 2.24) is 4.90 Å². The summed E-state index contributed by atoms with van der Waals surface area (Å²) in [5, 5.41) is 0. The standard InChI is InChI=1S/C23H24BrFN2O2/c1-4-13-26(3)14-5-6-15-27(17(2)28)22-12-9-19(16-21(22)25)23(29)18-7-10-20(24)11-8-18/h4-12,16H,1,13-15H2,2-3H3/b6-5+. The zero-order valence-electron chi connectivity index (χ0n) is 16.6. The predicted molar refractivity (Wildman–Crippen MR) is 119 cm³/mol. The van der Waals surface area contributed by atoms with E-state index in [2.05, 4.69) is 22.5 Å². The number of amides is 1. The molecule has 0 fully saturated rings. The Labute approximate surface area is 179 Å². The minimum atomic E-state index is -0.611. The Morgan fingerprint density at radius 1 is 1.03 bits per heavy atom. The van der Waals surface area contributed by atoms with Crippen molar-refractivity contribution < 1.29 is 14.0 Å². The highest BCUT2D eigenvalue weighted by Gasteiger charge is 2.17. The van der Waals surface area contributed by atoms with Gasteiger partial charge in [0.2, 0.25) is 5.91 Å². The van der Waals surface area contributed by atoms with Crippen LogP contribution in [0, 0.1) is 5.82 Å². The Hall–Kier alpha value is -2.57. The first-order valence-electron chi connectivity index (χ1n) is 9.16. The van der Waals surface area contributed by atoms with Crippen LogP contribution in [-0.4, -0.2) is 43.3 Å². The number of nitrogens with zero attached hydrogens (tertiary/aromatic N) is 2. The molecular formula is C23H24BrFN2O2. The number of ketones is 1. The Morgan fingerprint density at radius 2 is 1.66 bits per heavy atom. The van der Waals surface area contributed by atoms with Crippen LogP contribution in [-0.2, 0) is 4.79 Å². The average molecular weight is 459 g/mol. The SMILES string of the molecule is C=CCN(C)C/C=C/CN(C(C)=O)c1ccc(C(=O)c2ccc(Br)cc2)cc1F. The van der Waals surface area contributed by atoms with E-state index in [4.69, 9.17) is 0 Å². The fraction of sp³-hybridized carbons (Fsp3) is 0.217. The summed E-state index contributed by atoms with van der Waals surface area (Å²) in [6.07, 6.45) is 5.55. The number of hydrogen-bond donors (Lipinski definition) is 0. The Bertz CT molecular complexity index is 910. The molecule has 0 heterocycles. The first kappa shape index (κ1) is 22.7. The van der Waals surface area contributed by atoms with E-state index in [0.717, 1.165) is 11.0 Å². The first-order chi connectivity index (χ1) is 13.8. The van der Waals surface area contributed by atoms with Crippen LogP contribution >= 0.6 is 15.9 Å². The van der Waals surface area contributed by atoms with Crippen LogP contribution in [0.2, 0.25) is 0 Å². The van der Waals surface area contributed by atoms with E-state index in [9.17, 15) is 14.0 Å². The summed E-state index contributed by atoms with van der Waals surface area (Å²) in [6.45, 7) is 6.77. The fourth-order valence-corrected chi connectivity index (χ4v) is 3.03. The summed E-state index contributed by atoms with van der Waals surface area (Å²) in [7, 11) is 1.95. The largest absolute Gasteiger partial charge is 0.306 e. The van der Waals surface area contributed by atoms with Gasteiger partial charge in [-0.1, -0.05) is 34.2 Å². The van der Waals surface area contributed by atoms with Gasteiger partial charge in [0.1, 0.15) is 5.82 Å². The molecule has 29 heavy (non-hydrogen) atoms. The first-order valence-corrected chi connectivity index (χ1v) is 9.95. The second-order valence-corrected chi connectivity index (χ2v) is 7.53. The molecule has 2 aromatic carbocycles. The lowest BCUT2D eigenvalue weighted by Crippen LogP contribution is -2.29. The maximum atomic E-state index is 14.7. The summed E-state index contributed by atoms with van der Waals surface area (Å²) in [5.41, 5.74) is 0.850. The van der Waals surface area contributed by atoms with Crippen molar-refractivity contribution in [2.45, 2.75) is 6.92 Å². The number of carbonyl (C=O) groups is 2. The van der Waals surface area contributed by atoms with Crippen LogP contribution in [0.4, 0.5) is 10.1 Å². The molecule has 2 aromatic rings. The molecule has 0 aromatic heterocycles. The van der Waals surface area contributed by atoms with Crippen molar-refractivity contribution in [1.29, 1.82) is 0 Å². The molecule has 0 aliphatic carbocycles. The summed E-state index contributed by atoms with van der Waals surface area (Å²) < 4.78 is 15.6. The van der Waals surface area contributed by atoms with E-state index in [1.165, 1.54) is 24.0 Å². The lowest BCUT2D eigenvalue weighted by atomic mass is 10.0. The van der Waals surface area contributed by atoms with Gasteiger partial charge in [-0.3, -0.25) is 14.5 Å². The lowest BCUT2D eigenvalue weighted by Gasteiger charge is -2.20. The van der Waals surface area contributed by atoms with Crippen LogP contribution < -0.4 is 4.90 Å². The van der Waals surface area contributed by atoms with Gasteiger partial charge in [0.05, 0.1) is 5.69 Å². The highest BCUT2D eigenvalue weighted by Crippen LogP contribution is 2.23. The van der Waals surface area contributed by atoms with Gasteiger partial charge in [-0.25, -0.2) is 4.39 Å². The lowest BCUT2D eigenvalue weighted by molar-refractivity contribution is -0.116. The topological polar surface area (TPSA) is 40.6 Å². The second kappa shape index (κ2) is 10.8. The van der Waals surface area contributed by atoms with E-state index < -0.39 is 5.82 Å². The molecule has 0 N–H and O–H groups in total. The summed E-state index contributed by atoms with van der Waals surface area (Å²) in [4.78, 5) is 28.0. The summed E-state index contributed by atoms with van der Waals surface area (Å²) >= 11 is 3.32. The third-order valence-corrected chi connectivity index (χ3v) is 4.83. The molecule has 1 amide bonds. The number of anilines is 1. The highest BCUT2D eigenvalue weighted by atomic mass is 79.9. The molecule has 0 bridgehead atoms. The van der Waals surface area contributed by atoms with Gasteiger partial charge in [-0.05, 0) is 49.5 Å². The van der Waals surface area contributed by atoms with Crippen LogP contribution in [0.1, 0.15) is 22.8 Å². The maximum Gasteiger partial charge on any atom is 0.224 e. The summed E-state index contributed by atoms with van der Waals surface area (Å²) in [6, 6.07) is 11.1. The third kappa shape index (κ3) is 6.48. The zero-order valence-corrected chi connectivity index (χ0v) is 18.2. The highest BCUT2D eigenvalue weighted by molar-refractivity contribution is 9.10. The molecule has 0 aliphatic rings. The quantitative estimate of drug-likeness (QED) is 0.398. The maximum absolute atomic E-state index is 14.7. The molecule has 0 saturated heterocycles. The van der Waals surface area contributed by atoms with E-state index in [0.29, 0.717) is 12.1 Å². The Kier molecular flexibility index (Phi) is 8.49. The van der Waals surface area contributed by atoms with Crippen LogP contribution in [0.15, 0.2) is 71.7 Å². The van der Waals surface area contributed by atoms with Crippen molar-refractivity contribution in [2.75, 3.05) is 31.6 Å². The molecule has 0 radical (unpaired) electrons. The van der Waals surface area contributed by atoms with Crippen molar-refractivity contribution in [2.24, 2.45) is 0 Å². The smallest absolute Gasteiger partial charge is 0.224 e. The van der Waals surface area contributed by atoms with Gasteiger partial charge in [-0.2, -0.15) is 0 Å². The molecular weight excluding hydrogens is 435 g/mol. The van der Waals surface area contributed by atoms with Gasteiger partial charge in [0, 0.05) is 42.2 Å². The van der Waals surface area contributed by atoms with Gasteiger partial charge >= 0.3 is 0 Å². The van der Waals surface area contributed by atoms with E-state index in [1.54, 1.807) is 30.3 Å². The number of rotatable bonds is 9. The predicted octanol–water partition coefficient (Wildman–Crippen LogP) is 4.85. The zero-order chi connectivity index (χ0) is 21.4. The molecule has 4 nitrogen and oxygen atoms in total. The minimum Gasteiger partial charge on any atom is -0.306 e. The van der Waals surface area contributed by atoms with E-state index in [1.807, 2.05) is 30.2 Å². The molecule has 152 valence electrons. The van der Waals surface area contributed by atoms with Gasteiger partial charge < -0.3 is 4.90 Å². The molecule has 0 saturated carbocycles. The number of hydrogen-bond acceptors (Lipinski definition) is 3. The van der Waals surface area contributed by atoms with Gasteiger partial charge in [-0.15, -0.1) is 6.58 Å². The van der Waals surface area contributed by atoms with Crippen LogP contribution in [0.25, 0.3) is 0 Å². The van der Waals surface area contributed by atoms with Crippen LogP contribution in [0.5, 0.6) is 0 Å². The number of carbonyl (C=O) groups excluding carboxylic acids is 2. The average Bonchev–Trinajstić information content (AvgIpc) is 2.68. The van der Waals surface area contributed by atoms with Gasteiger partial charge in [0.25, 0.3) is 0 Å². The minimum absolute atomic E-state index is 0.147. The van der Waals surface area contributed by atoms with Crippen molar-refractivity contribution in [3.8, 4) is 0 Å². The van der Waals surface area contributed by atoms with Crippen LogP contribution in [0.3, 0.4) is 0 Å². The normalized spacial score (nSPS) is 11.1. The van der Waals surface area contributed by atoms with Crippen molar-refractivity contribution >= 4 is 33.3 Å². The van der Waals surface area contributed by atoms with E-state index >= 15 is 0 Å². The Morgan fingerprint density at radius 3 is 2.24 bits per heavy atom. The number of benzene rings is 2. The third-order valence-electron chi connectivity index (χ3n) is 4.30. The second-order valence-electron chi connectivity index (χ2n) is 6.61. The number of likely N-dealkylation sites (N-methyl/N-ethyl adjacent to an activating group) is 1. The molecule has 0 aliphatic heterocycles. The van der Waals surface area contributed by atoms with Crippen molar-refractivity contribution in [3.05, 3.63) is 88.7 Å². The number of halogens is 2. The molecule has 2 rings (SSSR count). The monoisotopic (exact) mass is 458 g/mol. The fourth-order valence-electron chi connectivity index (χ4n) is 2.76. The molecule has 0 atom stereocenters. The Balaban J connectivity index is 2.16. The molecule has 0 spiro atoms.